The molecule has 1 aliphatic rings. The van der Waals surface area contributed by atoms with E-state index in [1.54, 1.807) is 0 Å². The lowest BCUT2D eigenvalue weighted by Crippen LogP contribution is -2.37. The van der Waals surface area contributed by atoms with Gasteiger partial charge >= 0.3 is 0 Å². The van der Waals surface area contributed by atoms with Gasteiger partial charge < -0.3 is 9.64 Å². The zero-order chi connectivity index (χ0) is 21.0. The summed E-state index contributed by atoms with van der Waals surface area (Å²) in [7, 11) is 0. The van der Waals surface area contributed by atoms with Crippen LogP contribution in [0.5, 0.6) is 0 Å². The average Bonchev–Trinajstić information content (AvgIpc) is 3.24. The SMILES string of the molecule is Clc1cccc(C=NCc2cc(N3CCOCC3)n3nc(-c4ccccc4)cc3n2)c1. The molecule has 0 aliphatic carbocycles. The van der Waals surface area contributed by atoms with Crippen LogP contribution < -0.4 is 4.90 Å². The molecule has 1 aliphatic heterocycles. The smallest absolute Gasteiger partial charge is 0.158 e. The van der Waals surface area contributed by atoms with Gasteiger partial charge in [-0.2, -0.15) is 9.61 Å². The summed E-state index contributed by atoms with van der Waals surface area (Å²) in [6, 6.07) is 21.9. The lowest BCUT2D eigenvalue weighted by molar-refractivity contribution is 0.122. The second kappa shape index (κ2) is 8.88. The quantitative estimate of drug-likeness (QED) is 0.436. The number of benzene rings is 2. The highest BCUT2D eigenvalue weighted by Crippen LogP contribution is 2.24. The van der Waals surface area contributed by atoms with E-state index in [0.717, 1.165) is 47.1 Å². The lowest BCUT2D eigenvalue weighted by atomic mass is 10.2. The molecule has 5 rings (SSSR count). The van der Waals surface area contributed by atoms with E-state index >= 15 is 0 Å². The van der Waals surface area contributed by atoms with E-state index in [2.05, 4.69) is 28.1 Å². The standard InChI is InChI=1S/C24H22ClN5O/c25-20-8-4-5-18(13-20)16-26-17-21-14-24(29-9-11-31-12-10-29)30-23(27-21)15-22(28-30)19-6-2-1-3-7-19/h1-8,13-16H,9-12,17H2. The fourth-order valence-electron chi connectivity index (χ4n) is 3.69. The fraction of sp³-hybridized carbons (Fsp3) is 0.208. The van der Waals surface area contributed by atoms with Gasteiger partial charge in [-0.05, 0) is 17.7 Å². The Morgan fingerprint density at radius 1 is 1.00 bits per heavy atom. The van der Waals surface area contributed by atoms with E-state index in [-0.39, 0.29) is 0 Å². The maximum atomic E-state index is 6.07. The Labute approximate surface area is 185 Å². The van der Waals surface area contributed by atoms with Crippen molar-refractivity contribution in [3.05, 3.63) is 83.0 Å². The summed E-state index contributed by atoms with van der Waals surface area (Å²) in [5.74, 6) is 1.02. The van der Waals surface area contributed by atoms with Crippen molar-refractivity contribution in [2.24, 2.45) is 4.99 Å². The van der Waals surface area contributed by atoms with Gasteiger partial charge in [0.2, 0.25) is 0 Å². The molecule has 156 valence electrons. The zero-order valence-electron chi connectivity index (χ0n) is 17.0. The number of fused-ring (bicyclic) bond motifs is 1. The van der Waals surface area contributed by atoms with Gasteiger partial charge in [-0.3, -0.25) is 4.99 Å². The largest absolute Gasteiger partial charge is 0.378 e. The molecule has 0 saturated carbocycles. The van der Waals surface area contributed by atoms with Crippen LogP contribution in [0.2, 0.25) is 5.02 Å². The Hall–Kier alpha value is -3.22. The maximum absolute atomic E-state index is 6.07. The maximum Gasteiger partial charge on any atom is 0.158 e. The summed E-state index contributed by atoms with van der Waals surface area (Å²) in [5.41, 5.74) is 4.66. The van der Waals surface area contributed by atoms with E-state index in [4.69, 9.17) is 26.4 Å². The van der Waals surface area contributed by atoms with Crippen LogP contribution in [0, 0.1) is 0 Å². The second-order valence-electron chi connectivity index (χ2n) is 7.40. The van der Waals surface area contributed by atoms with Crippen LogP contribution in [0.3, 0.4) is 0 Å². The number of hydrogen-bond donors (Lipinski definition) is 0. The summed E-state index contributed by atoms with van der Waals surface area (Å²) < 4.78 is 7.47. The molecule has 1 saturated heterocycles. The van der Waals surface area contributed by atoms with Gasteiger partial charge in [-0.1, -0.05) is 54.1 Å². The number of aromatic nitrogens is 3. The van der Waals surface area contributed by atoms with Crippen molar-refractivity contribution in [3.63, 3.8) is 0 Å². The van der Waals surface area contributed by atoms with Crippen molar-refractivity contribution in [2.45, 2.75) is 6.54 Å². The normalized spacial score (nSPS) is 14.5. The first-order valence-corrected chi connectivity index (χ1v) is 10.7. The highest BCUT2D eigenvalue weighted by molar-refractivity contribution is 6.30. The molecular formula is C24H22ClN5O. The van der Waals surface area contributed by atoms with Crippen molar-refractivity contribution in [2.75, 3.05) is 31.2 Å². The number of aliphatic imine (C=N–C) groups is 1. The lowest BCUT2D eigenvalue weighted by Gasteiger charge is -2.29. The first kappa shape index (κ1) is 19.7. The van der Waals surface area contributed by atoms with Crippen LogP contribution in [0.1, 0.15) is 11.3 Å². The van der Waals surface area contributed by atoms with Crippen molar-refractivity contribution < 1.29 is 4.74 Å². The van der Waals surface area contributed by atoms with E-state index in [0.29, 0.717) is 24.8 Å². The summed E-state index contributed by atoms with van der Waals surface area (Å²) >= 11 is 6.07. The summed E-state index contributed by atoms with van der Waals surface area (Å²) in [6.45, 7) is 3.54. The molecule has 0 N–H and O–H groups in total. The monoisotopic (exact) mass is 431 g/mol. The Bertz CT molecular complexity index is 1220. The van der Waals surface area contributed by atoms with Gasteiger partial charge in [0.1, 0.15) is 5.82 Å². The molecular weight excluding hydrogens is 410 g/mol. The van der Waals surface area contributed by atoms with Crippen LogP contribution in [-0.4, -0.2) is 47.1 Å². The van der Waals surface area contributed by atoms with Gasteiger partial charge in [0.05, 0.1) is 31.1 Å². The highest BCUT2D eigenvalue weighted by Gasteiger charge is 2.18. The van der Waals surface area contributed by atoms with Crippen molar-refractivity contribution in [1.82, 2.24) is 14.6 Å². The van der Waals surface area contributed by atoms with Crippen LogP contribution in [-0.2, 0) is 11.3 Å². The third-order valence-electron chi connectivity index (χ3n) is 5.21. The molecule has 0 bridgehead atoms. The minimum atomic E-state index is 0.478. The predicted molar refractivity (Wildman–Crippen MR) is 124 cm³/mol. The van der Waals surface area contributed by atoms with Crippen LogP contribution >= 0.6 is 11.6 Å². The molecule has 1 fully saturated rings. The number of ether oxygens (including phenoxy) is 1. The van der Waals surface area contributed by atoms with E-state index in [9.17, 15) is 0 Å². The number of anilines is 1. The molecule has 6 nitrogen and oxygen atoms in total. The first-order chi connectivity index (χ1) is 15.3. The van der Waals surface area contributed by atoms with Crippen LogP contribution in [0.4, 0.5) is 5.82 Å². The van der Waals surface area contributed by atoms with Crippen molar-refractivity contribution in [1.29, 1.82) is 0 Å². The zero-order valence-corrected chi connectivity index (χ0v) is 17.7. The van der Waals surface area contributed by atoms with Crippen LogP contribution in [0.25, 0.3) is 16.9 Å². The average molecular weight is 432 g/mol. The highest BCUT2D eigenvalue weighted by atomic mass is 35.5. The number of morpholine rings is 1. The Morgan fingerprint density at radius 3 is 2.65 bits per heavy atom. The van der Waals surface area contributed by atoms with Gasteiger partial charge in [-0.25, -0.2) is 4.98 Å². The first-order valence-electron chi connectivity index (χ1n) is 10.3. The number of hydrogen-bond acceptors (Lipinski definition) is 5. The van der Waals surface area contributed by atoms with Gasteiger partial charge in [0.25, 0.3) is 0 Å². The molecule has 4 aromatic rings. The molecule has 7 heteroatoms. The Morgan fingerprint density at radius 2 is 1.84 bits per heavy atom. The third-order valence-corrected chi connectivity index (χ3v) is 5.44. The number of halogens is 1. The number of rotatable bonds is 5. The Balaban J connectivity index is 1.50. The van der Waals surface area contributed by atoms with Crippen LogP contribution in [0.15, 0.2) is 71.7 Å². The molecule has 3 heterocycles. The fourth-order valence-corrected chi connectivity index (χ4v) is 3.89. The molecule has 0 spiro atoms. The minimum Gasteiger partial charge on any atom is -0.378 e. The van der Waals surface area contributed by atoms with E-state index < -0.39 is 0 Å². The van der Waals surface area contributed by atoms with Gasteiger partial charge in [0.15, 0.2) is 5.65 Å². The second-order valence-corrected chi connectivity index (χ2v) is 7.83. The molecule has 0 radical (unpaired) electrons. The van der Waals surface area contributed by atoms with Crippen molar-refractivity contribution in [3.8, 4) is 11.3 Å². The molecule has 2 aromatic carbocycles. The molecule has 0 atom stereocenters. The summed E-state index contributed by atoms with van der Waals surface area (Å²) in [5, 5.41) is 5.56. The Kier molecular flexibility index (Phi) is 5.65. The number of nitrogens with zero attached hydrogens (tertiary/aromatic N) is 5. The predicted octanol–water partition coefficient (Wildman–Crippen LogP) is 4.51. The molecule has 2 aromatic heterocycles. The third kappa shape index (κ3) is 4.45. The minimum absolute atomic E-state index is 0.478. The topological polar surface area (TPSA) is 55.0 Å². The summed E-state index contributed by atoms with van der Waals surface area (Å²) in [4.78, 5) is 11.7. The van der Waals surface area contributed by atoms with Crippen molar-refractivity contribution >= 4 is 29.3 Å². The molecule has 0 amide bonds. The van der Waals surface area contributed by atoms with E-state index in [1.807, 2.05) is 59.3 Å². The van der Waals surface area contributed by atoms with E-state index in [1.165, 1.54) is 0 Å². The van der Waals surface area contributed by atoms with Gasteiger partial charge in [-0.15, -0.1) is 0 Å². The van der Waals surface area contributed by atoms with Gasteiger partial charge in [0, 0.05) is 42.0 Å². The summed E-state index contributed by atoms with van der Waals surface area (Å²) in [6.07, 6.45) is 1.83. The molecule has 31 heavy (non-hydrogen) atoms. The molecule has 0 unspecified atom stereocenters.